The van der Waals surface area contributed by atoms with Gasteiger partial charge in [0.15, 0.2) is 0 Å². The molecule has 168 valence electrons. The number of aryl methyl sites for hydroxylation is 1. The number of nitrogens with zero attached hydrogens (tertiary/aromatic N) is 4. The number of hydrogen-bond donors (Lipinski definition) is 0. The summed E-state index contributed by atoms with van der Waals surface area (Å²) in [7, 11) is 0. The van der Waals surface area contributed by atoms with Crippen molar-refractivity contribution < 1.29 is 18.0 Å². The zero-order valence-electron chi connectivity index (χ0n) is 17.8. The van der Waals surface area contributed by atoms with Crippen molar-refractivity contribution in [2.24, 2.45) is 0 Å². The Kier molecular flexibility index (Phi) is 4.31. The van der Waals surface area contributed by atoms with Crippen LogP contribution in [-0.4, -0.2) is 44.9 Å². The first-order chi connectivity index (χ1) is 15.9. The Morgan fingerprint density at radius 3 is 2.33 bits per heavy atom. The number of hydrogen-bond acceptors (Lipinski definition) is 4. The van der Waals surface area contributed by atoms with Gasteiger partial charge in [-0.2, -0.15) is 13.2 Å². The fraction of sp³-hybridized carbons (Fsp3) is 0.320. The number of rotatable bonds is 3. The van der Waals surface area contributed by atoms with Crippen molar-refractivity contribution >= 4 is 11.7 Å². The predicted molar refractivity (Wildman–Crippen MR) is 117 cm³/mol. The predicted octanol–water partition coefficient (Wildman–Crippen LogP) is 4.72. The van der Waals surface area contributed by atoms with Crippen molar-refractivity contribution in [3.05, 3.63) is 77.6 Å². The summed E-state index contributed by atoms with van der Waals surface area (Å²) in [6, 6.07) is 14.2. The average Bonchev–Trinajstić information content (AvgIpc) is 3.32. The van der Waals surface area contributed by atoms with Gasteiger partial charge in [0.05, 0.1) is 35.4 Å². The van der Waals surface area contributed by atoms with Crippen LogP contribution in [0.3, 0.4) is 0 Å². The summed E-state index contributed by atoms with van der Waals surface area (Å²) >= 11 is 0. The summed E-state index contributed by atoms with van der Waals surface area (Å²) in [6.07, 6.45) is -0.0135. The second-order valence-corrected chi connectivity index (χ2v) is 8.93. The molecule has 0 saturated carbocycles. The molecule has 4 atom stereocenters. The molecule has 3 saturated heterocycles. The minimum absolute atomic E-state index is 0.000573. The number of alkyl halides is 3. The van der Waals surface area contributed by atoms with Gasteiger partial charge in [0.1, 0.15) is 5.82 Å². The Balaban J connectivity index is 1.28. The largest absolute Gasteiger partial charge is 0.417 e. The van der Waals surface area contributed by atoms with Crippen molar-refractivity contribution in [2.45, 2.75) is 50.1 Å². The van der Waals surface area contributed by atoms with Crippen molar-refractivity contribution in [3.63, 3.8) is 0 Å². The normalized spacial score (nSPS) is 25.3. The molecular weight excluding hydrogens is 429 g/mol. The smallest absolute Gasteiger partial charge is 0.342 e. The van der Waals surface area contributed by atoms with Gasteiger partial charge < -0.3 is 9.80 Å². The standard InChI is InChI=1S/C25H21F3N4O/c1-14-5-4-6-16(21(14)17-7-2-3-12-29-17)24(33)31-18-9-10-19(31)23-22(18)32(23)20-11-8-15(13-30-20)25(26,27)28/h2-8,11-13,18-19,22-23H,9-10H2,1H3. The molecule has 3 fully saturated rings. The summed E-state index contributed by atoms with van der Waals surface area (Å²) in [4.78, 5) is 26.4. The van der Waals surface area contributed by atoms with Gasteiger partial charge >= 0.3 is 6.18 Å². The first-order valence-electron chi connectivity index (χ1n) is 11.0. The van der Waals surface area contributed by atoms with Crippen LogP contribution in [0.2, 0.25) is 0 Å². The Morgan fingerprint density at radius 1 is 0.970 bits per heavy atom. The van der Waals surface area contributed by atoms with E-state index in [1.165, 1.54) is 6.07 Å². The van der Waals surface area contributed by atoms with E-state index in [-0.39, 0.29) is 30.1 Å². The lowest BCUT2D eigenvalue weighted by Gasteiger charge is -2.29. The summed E-state index contributed by atoms with van der Waals surface area (Å²) < 4.78 is 38.7. The molecule has 0 radical (unpaired) electrons. The van der Waals surface area contributed by atoms with E-state index in [0.717, 1.165) is 41.9 Å². The second-order valence-electron chi connectivity index (χ2n) is 8.93. The van der Waals surface area contributed by atoms with Gasteiger partial charge in [0.2, 0.25) is 0 Å². The Bertz CT molecular complexity index is 1210. The molecule has 1 amide bonds. The molecule has 2 aromatic heterocycles. The third-order valence-corrected chi connectivity index (χ3v) is 7.16. The monoisotopic (exact) mass is 450 g/mol. The summed E-state index contributed by atoms with van der Waals surface area (Å²) in [5, 5.41) is 0. The highest BCUT2D eigenvalue weighted by Gasteiger charge is 2.69. The van der Waals surface area contributed by atoms with Crippen molar-refractivity contribution in [1.82, 2.24) is 14.9 Å². The number of carbonyl (C=O) groups is 1. The molecule has 3 aliphatic rings. The van der Waals surface area contributed by atoms with E-state index in [2.05, 4.69) is 14.9 Å². The van der Waals surface area contributed by atoms with Gasteiger partial charge in [-0.15, -0.1) is 0 Å². The minimum atomic E-state index is -4.40. The number of halogens is 3. The highest BCUT2D eigenvalue weighted by molar-refractivity contribution is 6.02. The quantitative estimate of drug-likeness (QED) is 0.542. The van der Waals surface area contributed by atoms with Crippen LogP contribution in [0.5, 0.6) is 0 Å². The maximum atomic E-state index is 13.8. The van der Waals surface area contributed by atoms with Gasteiger partial charge in [-0.25, -0.2) is 4.98 Å². The van der Waals surface area contributed by atoms with Crippen molar-refractivity contribution in [1.29, 1.82) is 0 Å². The highest BCUT2D eigenvalue weighted by Crippen LogP contribution is 2.54. The van der Waals surface area contributed by atoms with Gasteiger partial charge in [-0.1, -0.05) is 18.2 Å². The second kappa shape index (κ2) is 7.04. The number of anilines is 1. The molecule has 0 N–H and O–H groups in total. The van der Waals surface area contributed by atoms with E-state index >= 15 is 0 Å². The van der Waals surface area contributed by atoms with Crippen LogP contribution in [0.15, 0.2) is 60.9 Å². The summed E-state index contributed by atoms with van der Waals surface area (Å²) in [5.41, 5.74) is 2.51. The molecule has 4 unspecified atom stereocenters. The van der Waals surface area contributed by atoms with Gasteiger partial charge in [0.25, 0.3) is 5.91 Å². The van der Waals surface area contributed by atoms with Crippen LogP contribution < -0.4 is 4.90 Å². The molecule has 2 bridgehead atoms. The minimum Gasteiger partial charge on any atom is -0.342 e. The molecule has 8 heteroatoms. The molecule has 5 nitrogen and oxygen atoms in total. The van der Waals surface area contributed by atoms with Crippen LogP contribution in [0.4, 0.5) is 19.0 Å². The summed E-state index contributed by atoms with van der Waals surface area (Å²) in [5.74, 6) is 0.547. The summed E-state index contributed by atoms with van der Waals surface area (Å²) in [6.45, 7) is 1.98. The third-order valence-electron chi connectivity index (χ3n) is 7.16. The first kappa shape index (κ1) is 20.2. The molecule has 5 heterocycles. The molecule has 3 aliphatic heterocycles. The fourth-order valence-corrected chi connectivity index (χ4v) is 5.78. The number of fused-ring (bicyclic) bond motifs is 5. The van der Waals surface area contributed by atoms with E-state index in [0.29, 0.717) is 11.4 Å². The molecule has 6 rings (SSSR count). The van der Waals surface area contributed by atoms with Crippen LogP contribution in [0, 0.1) is 6.92 Å². The topological polar surface area (TPSA) is 49.1 Å². The van der Waals surface area contributed by atoms with Crippen molar-refractivity contribution in [2.75, 3.05) is 4.90 Å². The Morgan fingerprint density at radius 2 is 1.73 bits per heavy atom. The maximum Gasteiger partial charge on any atom is 0.417 e. The highest BCUT2D eigenvalue weighted by atomic mass is 19.4. The number of carbonyl (C=O) groups excluding carboxylic acids is 1. The number of piperazine rings is 1. The van der Waals surface area contributed by atoms with E-state index in [1.807, 2.05) is 48.2 Å². The zero-order valence-corrected chi connectivity index (χ0v) is 17.8. The van der Waals surface area contributed by atoms with Gasteiger partial charge in [-0.3, -0.25) is 9.78 Å². The molecule has 33 heavy (non-hydrogen) atoms. The Labute approximate surface area is 188 Å². The first-order valence-corrected chi connectivity index (χ1v) is 11.0. The zero-order chi connectivity index (χ0) is 22.9. The molecule has 3 aromatic rings. The number of aromatic nitrogens is 2. The SMILES string of the molecule is Cc1cccc(C(=O)N2C3CCC2C2C3N2c2ccc(C(F)(F)F)cn2)c1-c1ccccn1. The molecule has 0 spiro atoms. The third kappa shape index (κ3) is 3.03. The molecule has 1 aromatic carbocycles. The lowest BCUT2D eigenvalue weighted by molar-refractivity contribution is -0.137. The lowest BCUT2D eigenvalue weighted by Crippen LogP contribution is -2.43. The number of amides is 1. The van der Waals surface area contributed by atoms with Crippen LogP contribution in [0.1, 0.15) is 34.3 Å². The van der Waals surface area contributed by atoms with Gasteiger partial charge in [-0.05, 0) is 55.7 Å². The molecule has 0 aliphatic carbocycles. The Hall–Kier alpha value is -3.42. The van der Waals surface area contributed by atoms with Crippen molar-refractivity contribution in [3.8, 4) is 11.3 Å². The fourth-order valence-electron chi connectivity index (χ4n) is 5.78. The van der Waals surface area contributed by atoms with Crippen LogP contribution in [0.25, 0.3) is 11.3 Å². The van der Waals surface area contributed by atoms with E-state index in [9.17, 15) is 18.0 Å². The lowest BCUT2D eigenvalue weighted by atomic mass is 9.97. The van der Waals surface area contributed by atoms with E-state index in [4.69, 9.17) is 0 Å². The average molecular weight is 450 g/mol. The van der Waals surface area contributed by atoms with E-state index in [1.54, 1.807) is 6.20 Å². The molecular formula is C25H21F3N4O. The number of benzene rings is 1. The number of pyridine rings is 2. The van der Waals surface area contributed by atoms with Crippen LogP contribution in [-0.2, 0) is 6.18 Å². The maximum absolute atomic E-state index is 13.8. The van der Waals surface area contributed by atoms with Gasteiger partial charge in [0, 0.05) is 23.5 Å². The van der Waals surface area contributed by atoms with Crippen LogP contribution >= 0.6 is 0 Å². The van der Waals surface area contributed by atoms with E-state index < -0.39 is 11.7 Å².